The number of hydrogen-bond donors (Lipinski definition) is 4. The first-order chi connectivity index (χ1) is 10.9. The molecular weight excluding hydrogens is 332 g/mol. The summed E-state index contributed by atoms with van der Waals surface area (Å²) < 4.78 is 7.12. The zero-order valence-electron chi connectivity index (χ0n) is 14.6. The average Bonchev–Trinajstić information content (AvgIpc) is 2.71. The minimum absolute atomic E-state index is 0.559. The number of nitrogens with one attached hydrogen (secondary N) is 1. The Bertz CT molecular complexity index is 709. The maximum atomic E-state index is 12.3. The minimum Gasteiger partial charge on any atom is -0.390 e. The standard InChI is InChI=1S/C15H26N2O6Si/c1-14(2,3)12(21)10-9(19)11(20)15(23-10,24(4)5)17-7-6-8(18)16-13(17)22/h6-7,9-12,19-21,24H,1-5H3,(H,16,18,22)/t9-,10+,11-,12?,15+/m1/s1. The number of hydrogen-bond acceptors (Lipinski definition) is 6. The van der Waals surface area contributed by atoms with Gasteiger partial charge < -0.3 is 20.1 Å². The van der Waals surface area contributed by atoms with E-state index in [-0.39, 0.29) is 0 Å². The summed E-state index contributed by atoms with van der Waals surface area (Å²) >= 11 is 0. The number of aromatic nitrogens is 2. The zero-order chi connectivity index (χ0) is 18.4. The number of nitrogens with zero attached hydrogens (tertiary/aromatic N) is 1. The van der Waals surface area contributed by atoms with Crippen molar-refractivity contribution in [2.75, 3.05) is 0 Å². The number of aromatic amines is 1. The lowest BCUT2D eigenvalue weighted by atomic mass is 9.84. The molecule has 2 heterocycles. The molecule has 1 aliphatic rings. The van der Waals surface area contributed by atoms with Crippen LogP contribution in [-0.4, -0.2) is 58.1 Å². The van der Waals surface area contributed by atoms with E-state index in [2.05, 4.69) is 4.98 Å². The van der Waals surface area contributed by atoms with Crippen LogP contribution in [-0.2, 0) is 10.1 Å². The van der Waals surface area contributed by atoms with Gasteiger partial charge in [0.1, 0.15) is 18.3 Å². The Hall–Kier alpha value is -1.26. The average molecular weight is 358 g/mol. The van der Waals surface area contributed by atoms with Gasteiger partial charge in [-0.1, -0.05) is 33.9 Å². The summed E-state index contributed by atoms with van der Waals surface area (Å²) in [7, 11) is -1.96. The van der Waals surface area contributed by atoms with E-state index in [9.17, 15) is 24.9 Å². The van der Waals surface area contributed by atoms with Crippen LogP contribution in [0.4, 0.5) is 0 Å². The molecule has 5 atom stereocenters. The quantitative estimate of drug-likeness (QED) is 0.500. The van der Waals surface area contributed by atoms with Gasteiger partial charge in [0, 0.05) is 12.3 Å². The fourth-order valence-corrected chi connectivity index (χ4v) is 5.24. The third kappa shape index (κ3) is 2.90. The Balaban J connectivity index is 2.59. The Morgan fingerprint density at radius 3 is 2.38 bits per heavy atom. The molecule has 0 amide bonds. The van der Waals surface area contributed by atoms with Crippen LogP contribution in [0.3, 0.4) is 0 Å². The normalized spacial score (nSPS) is 32.3. The summed E-state index contributed by atoms with van der Waals surface area (Å²) in [5, 5.41) is 30.3. The lowest BCUT2D eigenvalue weighted by Crippen LogP contribution is -2.58. The van der Waals surface area contributed by atoms with Crippen molar-refractivity contribution in [3.63, 3.8) is 0 Å². The van der Waals surface area contributed by atoms with Crippen LogP contribution in [0, 0.1) is 5.41 Å². The second-order valence-corrected chi connectivity index (χ2v) is 10.9. The Morgan fingerprint density at radius 1 is 1.33 bits per heavy atom. The molecule has 8 nitrogen and oxygen atoms in total. The lowest BCUT2D eigenvalue weighted by Gasteiger charge is -2.38. The van der Waals surface area contributed by atoms with Gasteiger partial charge in [-0.15, -0.1) is 0 Å². The molecule has 0 bridgehead atoms. The molecule has 4 N–H and O–H groups in total. The van der Waals surface area contributed by atoms with E-state index in [0.717, 1.165) is 10.6 Å². The van der Waals surface area contributed by atoms with Gasteiger partial charge in [-0.05, 0) is 5.41 Å². The van der Waals surface area contributed by atoms with E-state index in [1.165, 1.54) is 6.20 Å². The van der Waals surface area contributed by atoms with E-state index >= 15 is 0 Å². The van der Waals surface area contributed by atoms with E-state index in [1.807, 2.05) is 13.1 Å². The van der Waals surface area contributed by atoms with Gasteiger partial charge in [-0.25, -0.2) is 4.79 Å². The summed E-state index contributed by atoms with van der Waals surface area (Å²) in [5.74, 6) is 0. The molecule has 24 heavy (non-hydrogen) atoms. The molecular formula is C15H26N2O6Si. The van der Waals surface area contributed by atoms with Gasteiger partial charge in [0.15, 0.2) is 5.35 Å². The highest BCUT2D eigenvalue weighted by atomic mass is 28.3. The molecule has 0 aromatic carbocycles. The fourth-order valence-electron chi connectivity index (χ4n) is 3.17. The lowest BCUT2D eigenvalue weighted by molar-refractivity contribution is -0.137. The van der Waals surface area contributed by atoms with Crippen molar-refractivity contribution >= 4 is 8.80 Å². The number of ether oxygens (including phenoxy) is 1. The predicted octanol–water partition coefficient (Wildman–Crippen LogP) is -1.26. The highest BCUT2D eigenvalue weighted by molar-refractivity contribution is 6.58. The zero-order valence-corrected chi connectivity index (χ0v) is 15.7. The second kappa shape index (κ2) is 6.23. The molecule has 0 aliphatic carbocycles. The maximum absolute atomic E-state index is 12.3. The van der Waals surface area contributed by atoms with Crippen LogP contribution >= 0.6 is 0 Å². The number of rotatable bonds is 3. The fraction of sp³-hybridized carbons (Fsp3) is 0.733. The molecule has 1 aliphatic heterocycles. The summed E-state index contributed by atoms with van der Waals surface area (Å²) in [4.78, 5) is 25.7. The third-order valence-electron chi connectivity index (χ3n) is 4.63. The topological polar surface area (TPSA) is 125 Å². The van der Waals surface area contributed by atoms with E-state index in [4.69, 9.17) is 4.74 Å². The SMILES string of the molecule is C[SiH](C)[C@@]1(n2ccc(=O)[nH]c2=O)O[C@H](C(O)C(C)(C)C)[C@@H](O)[C@H]1O. The minimum atomic E-state index is -1.96. The largest absolute Gasteiger partial charge is 0.390 e. The highest BCUT2D eigenvalue weighted by Crippen LogP contribution is 2.41. The maximum Gasteiger partial charge on any atom is 0.330 e. The molecule has 2 rings (SSSR count). The van der Waals surface area contributed by atoms with Gasteiger partial charge in [-0.2, -0.15) is 0 Å². The molecule has 9 heteroatoms. The first kappa shape index (κ1) is 19.1. The van der Waals surface area contributed by atoms with Gasteiger partial charge in [0.25, 0.3) is 5.56 Å². The summed E-state index contributed by atoms with van der Waals surface area (Å²) in [6.45, 7) is 9.09. The summed E-state index contributed by atoms with van der Waals surface area (Å²) in [6, 6.07) is 1.16. The van der Waals surface area contributed by atoms with Gasteiger partial charge in [0.05, 0.1) is 14.9 Å². The molecule has 0 radical (unpaired) electrons. The van der Waals surface area contributed by atoms with E-state index < -0.39 is 55.2 Å². The van der Waals surface area contributed by atoms with Crippen molar-refractivity contribution in [1.29, 1.82) is 0 Å². The monoisotopic (exact) mass is 358 g/mol. The molecule has 1 saturated heterocycles. The van der Waals surface area contributed by atoms with E-state index in [1.54, 1.807) is 20.8 Å². The Kier molecular flexibility index (Phi) is 4.95. The molecule has 1 aromatic heterocycles. The van der Waals surface area contributed by atoms with Gasteiger partial charge in [-0.3, -0.25) is 14.3 Å². The number of H-pyrrole nitrogens is 1. The first-order valence-electron chi connectivity index (χ1n) is 7.97. The third-order valence-corrected chi connectivity index (χ3v) is 7.05. The van der Waals surface area contributed by atoms with Crippen molar-refractivity contribution in [3.8, 4) is 0 Å². The van der Waals surface area contributed by atoms with Crippen LogP contribution in [0.15, 0.2) is 21.9 Å². The van der Waals surface area contributed by atoms with E-state index in [0.29, 0.717) is 0 Å². The highest BCUT2D eigenvalue weighted by Gasteiger charge is 2.60. The summed E-state index contributed by atoms with van der Waals surface area (Å²) in [5.41, 5.74) is -1.87. The van der Waals surface area contributed by atoms with Crippen molar-refractivity contribution in [2.24, 2.45) is 5.41 Å². The van der Waals surface area contributed by atoms with Crippen LogP contribution < -0.4 is 11.2 Å². The van der Waals surface area contributed by atoms with Crippen molar-refractivity contribution in [1.82, 2.24) is 9.55 Å². The molecule has 1 fully saturated rings. The molecule has 0 saturated carbocycles. The Morgan fingerprint density at radius 2 is 1.92 bits per heavy atom. The molecule has 1 aromatic rings. The smallest absolute Gasteiger partial charge is 0.330 e. The first-order valence-corrected chi connectivity index (χ1v) is 10.9. The van der Waals surface area contributed by atoms with Crippen molar-refractivity contribution < 1.29 is 20.1 Å². The van der Waals surface area contributed by atoms with Crippen LogP contribution in [0.25, 0.3) is 0 Å². The summed E-state index contributed by atoms with van der Waals surface area (Å²) in [6.07, 6.45) is -3.58. The second-order valence-electron chi connectivity index (χ2n) is 7.72. The molecule has 0 spiro atoms. The molecule has 136 valence electrons. The number of aliphatic hydroxyl groups is 3. The van der Waals surface area contributed by atoms with Gasteiger partial charge >= 0.3 is 5.69 Å². The number of aliphatic hydroxyl groups excluding tert-OH is 3. The molecule has 1 unspecified atom stereocenters. The Labute approximate surface area is 141 Å². The van der Waals surface area contributed by atoms with Crippen molar-refractivity contribution in [3.05, 3.63) is 33.1 Å². The van der Waals surface area contributed by atoms with Crippen LogP contribution in [0.1, 0.15) is 20.8 Å². The van der Waals surface area contributed by atoms with Crippen LogP contribution in [0.2, 0.25) is 13.1 Å². The van der Waals surface area contributed by atoms with Crippen molar-refractivity contribution in [2.45, 2.75) is 63.6 Å². The predicted molar refractivity (Wildman–Crippen MR) is 90.5 cm³/mol. The van der Waals surface area contributed by atoms with Crippen LogP contribution in [0.5, 0.6) is 0 Å². The van der Waals surface area contributed by atoms with Gasteiger partial charge in [0.2, 0.25) is 0 Å².